The van der Waals surface area contributed by atoms with Crippen molar-refractivity contribution in [2.45, 2.75) is 19.0 Å². The first kappa shape index (κ1) is 18.9. The van der Waals surface area contributed by atoms with Gasteiger partial charge in [0.25, 0.3) is 0 Å². The van der Waals surface area contributed by atoms with E-state index in [1.54, 1.807) is 24.2 Å². The van der Waals surface area contributed by atoms with E-state index in [1.165, 1.54) is 12.4 Å². The molecule has 3 rings (SSSR count). The lowest BCUT2D eigenvalue weighted by Crippen LogP contribution is -2.15. The molecular weight excluding hydrogens is 432 g/mol. The third-order valence-electron chi connectivity index (χ3n) is 3.82. The summed E-state index contributed by atoms with van der Waals surface area (Å²) in [5, 5.41) is 8.09. The molecule has 6 nitrogen and oxygen atoms in total. The zero-order valence-corrected chi connectivity index (χ0v) is 16.0. The molecule has 0 fully saturated rings. The lowest BCUT2D eigenvalue weighted by Gasteiger charge is -2.17. The van der Waals surface area contributed by atoms with Crippen LogP contribution in [0.3, 0.4) is 0 Å². The van der Waals surface area contributed by atoms with Gasteiger partial charge in [0.15, 0.2) is 0 Å². The minimum atomic E-state index is -2.79. The molecule has 138 valence electrons. The zero-order valence-electron chi connectivity index (χ0n) is 13.7. The van der Waals surface area contributed by atoms with Crippen LogP contribution in [0.2, 0.25) is 5.02 Å². The second kappa shape index (κ2) is 8.24. The maximum Gasteiger partial charge on any atom is 0.333 e. The molecule has 0 saturated carbocycles. The van der Waals surface area contributed by atoms with E-state index in [2.05, 4.69) is 31.1 Å². The Morgan fingerprint density at radius 1 is 1.23 bits per heavy atom. The molecule has 0 radical (unpaired) electrons. The first-order valence-corrected chi connectivity index (χ1v) is 8.84. The highest BCUT2D eigenvalue weighted by atomic mass is 79.9. The van der Waals surface area contributed by atoms with Gasteiger partial charge in [0, 0.05) is 36.1 Å². The zero-order chi connectivity index (χ0) is 18.7. The van der Waals surface area contributed by atoms with E-state index in [-0.39, 0.29) is 16.8 Å². The normalized spacial score (nSPS) is 12.7. The minimum absolute atomic E-state index is 0.127. The summed E-state index contributed by atoms with van der Waals surface area (Å²) in [5.74, 6) is 0. The van der Waals surface area contributed by atoms with Crippen molar-refractivity contribution in [1.82, 2.24) is 24.5 Å². The van der Waals surface area contributed by atoms with Gasteiger partial charge in [0.1, 0.15) is 0 Å². The molecule has 0 saturated heterocycles. The third kappa shape index (κ3) is 3.94. The predicted octanol–water partition coefficient (Wildman–Crippen LogP) is 4.58. The maximum atomic E-state index is 13.1. The summed E-state index contributed by atoms with van der Waals surface area (Å²) in [6.45, 7) is -2.30. The lowest BCUT2D eigenvalue weighted by atomic mass is 10.1. The van der Waals surface area contributed by atoms with Gasteiger partial charge in [0.05, 0.1) is 34.8 Å². The molecule has 0 amide bonds. The van der Waals surface area contributed by atoms with Gasteiger partial charge in [-0.05, 0) is 34.5 Å². The van der Waals surface area contributed by atoms with Crippen molar-refractivity contribution in [3.05, 3.63) is 52.1 Å². The van der Waals surface area contributed by atoms with E-state index in [0.717, 1.165) is 10.2 Å². The van der Waals surface area contributed by atoms with Crippen LogP contribution in [-0.4, -0.2) is 38.3 Å². The molecule has 0 N–H and O–H groups in total. The van der Waals surface area contributed by atoms with E-state index in [0.29, 0.717) is 23.3 Å². The van der Waals surface area contributed by atoms with E-state index >= 15 is 0 Å². The Hall–Kier alpha value is -1.84. The van der Waals surface area contributed by atoms with E-state index in [9.17, 15) is 8.78 Å². The summed E-state index contributed by atoms with van der Waals surface area (Å²) in [7, 11) is 1.61. The van der Waals surface area contributed by atoms with Gasteiger partial charge in [-0.15, -0.1) is 0 Å². The Bertz CT molecular complexity index is 868. The van der Waals surface area contributed by atoms with Crippen molar-refractivity contribution in [2.24, 2.45) is 0 Å². The molecule has 1 atom stereocenters. The van der Waals surface area contributed by atoms with Crippen LogP contribution >= 0.6 is 27.5 Å². The minimum Gasteiger partial charge on any atom is -0.385 e. The molecular formula is C16H15BrClF2N5O. The van der Waals surface area contributed by atoms with Gasteiger partial charge >= 0.3 is 6.55 Å². The molecule has 3 heterocycles. The summed E-state index contributed by atoms with van der Waals surface area (Å²) >= 11 is 9.40. The van der Waals surface area contributed by atoms with Gasteiger partial charge in [-0.1, -0.05) is 11.6 Å². The van der Waals surface area contributed by atoms with Crippen LogP contribution in [0.4, 0.5) is 8.78 Å². The summed E-state index contributed by atoms with van der Waals surface area (Å²) in [5.41, 5.74) is 1.36. The fourth-order valence-corrected chi connectivity index (χ4v) is 3.09. The Morgan fingerprint density at radius 2 is 2.04 bits per heavy atom. The molecule has 26 heavy (non-hydrogen) atoms. The highest BCUT2D eigenvalue weighted by Gasteiger charge is 2.22. The van der Waals surface area contributed by atoms with Gasteiger partial charge in [-0.3, -0.25) is 9.67 Å². The monoisotopic (exact) mass is 445 g/mol. The molecule has 0 bridgehead atoms. The molecule has 10 heteroatoms. The van der Waals surface area contributed by atoms with Crippen LogP contribution in [-0.2, 0) is 4.74 Å². The lowest BCUT2D eigenvalue weighted by molar-refractivity contribution is 0.0585. The van der Waals surface area contributed by atoms with Gasteiger partial charge in [0.2, 0.25) is 0 Å². The maximum absolute atomic E-state index is 13.1. The van der Waals surface area contributed by atoms with Gasteiger partial charge < -0.3 is 4.74 Å². The first-order chi connectivity index (χ1) is 12.5. The highest BCUT2D eigenvalue weighted by molar-refractivity contribution is 9.10. The van der Waals surface area contributed by atoms with Crippen molar-refractivity contribution in [2.75, 3.05) is 13.7 Å². The standard InChI is InChI=1S/C16H15BrClF2N5O/c1-26-5-4-14(13-3-2-11(17)7-21-13)24-9-10(6-22-24)15-12(18)8-23-25(15)16(19)20/h2-3,6-9,14,16H,4-5H2,1H3. The second-order valence-electron chi connectivity index (χ2n) is 5.47. The smallest absolute Gasteiger partial charge is 0.333 e. The SMILES string of the molecule is COCCC(c1ccc(Br)cn1)n1cc(-c2c(Cl)cnn2C(F)F)cn1. The summed E-state index contributed by atoms with van der Waals surface area (Å²) in [4.78, 5) is 4.42. The largest absolute Gasteiger partial charge is 0.385 e. The molecule has 0 aliphatic heterocycles. The number of methoxy groups -OCH3 is 1. The van der Waals surface area contributed by atoms with Gasteiger partial charge in [-0.25, -0.2) is 4.68 Å². The fraction of sp³-hybridized carbons (Fsp3) is 0.312. The van der Waals surface area contributed by atoms with Crippen molar-refractivity contribution < 1.29 is 13.5 Å². The number of pyridine rings is 1. The summed E-state index contributed by atoms with van der Waals surface area (Å²) in [6, 6.07) is 3.55. The van der Waals surface area contributed by atoms with E-state index in [4.69, 9.17) is 16.3 Å². The van der Waals surface area contributed by atoms with Crippen LogP contribution in [0.25, 0.3) is 11.3 Å². The number of alkyl halides is 2. The van der Waals surface area contributed by atoms with Crippen LogP contribution in [0.1, 0.15) is 24.7 Å². The van der Waals surface area contributed by atoms with Crippen LogP contribution < -0.4 is 0 Å². The van der Waals surface area contributed by atoms with Crippen molar-refractivity contribution >= 4 is 27.5 Å². The summed E-state index contributed by atoms with van der Waals surface area (Å²) in [6.07, 6.45) is 6.65. The predicted molar refractivity (Wildman–Crippen MR) is 96.3 cm³/mol. The van der Waals surface area contributed by atoms with Crippen LogP contribution in [0.5, 0.6) is 0 Å². The molecule has 0 aromatic carbocycles. The number of hydrogen-bond donors (Lipinski definition) is 0. The van der Waals surface area contributed by atoms with Crippen LogP contribution in [0.15, 0.2) is 41.4 Å². The quantitative estimate of drug-likeness (QED) is 0.533. The van der Waals surface area contributed by atoms with E-state index < -0.39 is 6.55 Å². The second-order valence-corrected chi connectivity index (χ2v) is 6.79. The van der Waals surface area contributed by atoms with Crippen molar-refractivity contribution in [3.63, 3.8) is 0 Å². The average molecular weight is 447 g/mol. The number of hydrogen-bond acceptors (Lipinski definition) is 4. The number of ether oxygens (including phenoxy) is 1. The topological polar surface area (TPSA) is 57.8 Å². The van der Waals surface area contributed by atoms with Crippen molar-refractivity contribution in [1.29, 1.82) is 0 Å². The van der Waals surface area contributed by atoms with Gasteiger partial charge in [-0.2, -0.15) is 19.0 Å². The Morgan fingerprint density at radius 3 is 2.69 bits per heavy atom. The highest BCUT2D eigenvalue weighted by Crippen LogP contribution is 2.32. The number of rotatable bonds is 7. The summed E-state index contributed by atoms with van der Waals surface area (Å²) < 4.78 is 34.6. The first-order valence-electron chi connectivity index (χ1n) is 7.67. The Balaban J connectivity index is 1.97. The Labute approximate surface area is 161 Å². The van der Waals surface area contributed by atoms with Crippen LogP contribution in [0, 0.1) is 0 Å². The number of aromatic nitrogens is 5. The molecule has 0 aliphatic rings. The average Bonchev–Trinajstić information content (AvgIpc) is 3.23. The molecule has 3 aromatic rings. The number of nitrogens with zero attached hydrogens (tertiary/aromatic N) is 5. The fourth-order valence-electron chi connectivity index (χ4n) is 2.62. The van der Waals surface area contributed by atoms with E-state index in [1.807, 2.05) is 12.1 Å². The Kier molecular flexibility index (Phi) is 6.00. The molecule has 1 unspecified atom stereocenters. The molecule has 3 aromatic heterocycles. The molecule has 0 spiro atoms. The number of halogens is 4. The third-order valence-corrected chi connectivity index (χ3v) is 4.56. The molecule has 0 aliphatic carbocycles. The van der Waals surface area contributed by atoms with Crippen molar-refractivity contribution in [3.8, 4) is 11.3 Å².